The summed E-state index contributed by atoms with van der Waals surface area (Å²) in [5.74, 6) is 1.70. The van der Waals surface area contributed by atoms with E-state index in [9.17, 15) is 0 Å². The van der Waals surface area contributed by atoms with E-state index in [0.29, 0.717) is 11.3 Å². The van der Waals surface area contributed by atoms with E-state index in [1.54, 1.807) is 0 Å². The SMILES string of the molecule is CN=C(NCCCOCC1CCOCC1)N1CC(C)(C)C1(C)C.I. The van der Waals surface area contributed by atoms with Crippen LogP contribution in [0.2, 0.25) is 0 Å². The number of nitrogens with one attached hydrogen (secondary N) is 1. The molecule has 5 nitrogen and oxygen atoms in total. The molecule has 2 rings (SSSR count). The number of ether oxygens (including phenoxy) is 2. The number of hydrogen-bond acceptors (Lipinski definition) is 3. The molecule has 0 atom stereocenters. The Morgan fingerprint density at radius 1 is 1.25 bits per heavy atom. The fourth-order valence-electron chi connectivity index (χ4n) is 3.23. The molecule has 0 aliphatic carbocycles. The zero-order valence-corrected chi connectivity index (χ0v) is 18.4. The second-order valence-electron chi connectivity index (χ2n) is 7.99. The van der Waals surface area contributed by atoms with Gasteiger partial charge in [-0.3, -0.25) is 4.99 Å². The minimum absolute atomic E-state index is 0. The van der Waals surface area contributed by atoms with Gasteiger partial charge in [0.1, 0.15) is 0 Å². The van der Waals surface area contributed by atoms with Crippen LogP contribution < -0.4 is 5.32 Å². The van der Waals surface area contributed by atoms with Gasteiger partial charge in [0.15, 0.2) is 5.96 Å². The Bertz CT molecular complexity index is 407. The number of rotatable bonds is 6. The van der Waals surface area contributed by atoms with Crippen LogP contribution in [0.25, 0.3) is 0 Å². The van der Waals surface area contributed by atoms with Crippen LogP contribution in [0, 0.1) is 11.3 Å². The van der Waals surface area contributed by atoms with Gasteiger partial charge >= 0.3 is 0 Å². The zero-order chi connectivity index (χ0) is 16.9. The van der Waals surface area contributed by atoms with Crippen molar-refractivity contribution < 1.29 is 9.47 Å². The van der Waals surface area contributed by atoms with Crippen LogP contribution >= 0.6 is 24.0 Å². The molecule has 0 spiro atoms. The molecule has 2 saturated heterocycles. The van der Waals surface area contributed by atoms with Crippen molar-refractivity contribution in [3.63, 3.8) is 0 Å². The molecule has 0 bridgehead atoms. The molecule has 1 N–H and O–H groups in total. The molecule has 24 heavy (non-hydrogen) atoms. The highest BCUT2D eigenvalue weighted by Gasteiger charge is 2.53. The first kappa shape index (κ1) is 22.0. The van der Waals surface area contributed by atoms with Crippen LogP contribution in [0.5, 0.6) is 0 Å². The topological polar surface area (TPSA) is 46.1 Å². The van der Waals surface area contributed by atoms with Crippen molar-refractivity contribution in [1.82, 2.24) is 10.2 Å². The fourth-order valence-corrected chi connectivity index (χ4v) is 3.23. The van der Waals surface area contributed by atoms with Gasteiger partial charge in [-0.1, -0.05) is 13.8 Å². The maximum atomic E-state index is 5.81. The minimum atomic E-state index is 0. The molecule has 142 valence electrons. The Balaban J connectivity index is 0.00000288. The number of nitrogens with zero attached hydrogens (tertiary/aromatic N) is 2. The lowest BCUT2D eigenvalue weighted by Crippen LogP contribution is -2.72. The van der Waals surface area contributed by atoms with Crippen LogP contribution in [-0.4, -0.2) is 63.0 Å². The molecule has 2 aliphatic rings. The molecule has 0 saturated carbocycles. The maximum absolute atomic E-state index is 5.81. The molecule has 0 radical (unpaired) electrons. The predicted octanol–water partition coefficient (Wildman–Crippen LogP) is 3.13. The van der Waals surface area contributed by atoms with E-state index in [-0.39, 0.29) is 29.5 Å². The lowest BCUT2D eigenvalue weighted by atomic mass is 9.65. The lowest BCUT2D eigenvalue weighted by Gasteiger charge is -2.62. The lowest BCUT2D eigenvalue weighted by molar-refractivity contribution is -0.0667. The van der Waals surface area contributed by atoms with Crippen molar-refractivity contribution in [2.24, 2.45) is 16.3 Å². The van der Waals surface area contributed by atoms with E-state index < -0.39 is 0 Å². The Morgan fingerprint density at radius 2 is 1.92 bits per heavy atom. The molecule has 2 heterocycles. The molecule has 0 unspecified atom stereocenters. The number of likely N-dealkylation sites (tertiary alicyclic amines) is 1. The van der Waals surface area contributed by atoms with Gasteiger partial charge < -0.3 is 19.7 Å². The van der Waals surface area contributed by atoms with Crippen LogP contribution in [0.15, 0.2) is 4.99 Å². The van der Waals surface area contributed by atoms with Crippen molar-refractivity contribution in [1.29, 1.82) is 0 Å². The number of hydrogen-bond donors (Lipinski definition) is 1. The van der Waals surface area contributed by atoms with Crippen molar-refractivity contribution in [3.8, 4) is 0 Å². The van der Waals surface area contributed by atoms with Gasteiger partial charge in [-0.05, 0) is 39.0 Å². The van der Waals surface area contributed by atoms with Crippen LogP contribution in [0.1, 0.15) is 47.0 Å². The summed E-state index contributed by atoms with van der Waals surface area (Å²) in [6.45, 7) is 14.7. The van der Waals surface area contributed by atoms with Crippen molar-refractivity contribution in [2.75, 3.05) is 46.6 Å². The van der Waals surface area contributed by atoms with Gasteiger partial charge in [0.25, 0.3) is 0 Å². The summed E-state index contributed by atoms with van der Waals surface area (Å²) in [5, 5.41) is 3.48. The Hall–Kier alpha value is -0.0800. The van der Waals surface area contributed by atoms with Gasteiger partial charge in [0, 0.05) is 57.5 Å². The number of guanidine groups is 1. The van der Waals surface area contributed by atoms with E-state index in [0.717, 1.165) is 64.7 Å². The van der Waals surface area contributed by atoms with Crippen LogP contribution in [-0.2, 0) is 9.47 Å². The van der Waals surface area contributed by atoms with E-state index >= 15 is 0 Å². The fraction of sp³-hybridized carbons (Fsp3) is 0.944. The van der Waals surface area contributed by atoms with E-state index in [1.165, 1.54) is 0 Å². The molecular formula is C18H36IN3O2. The third kappa shape index (κ3) is 5.21. The molecule has 0 amide bonds. The summed E-state index contributed by atoms with van der Waals surface area (Å²) in [6.07, 6.45) is 3.30. The second-order valence-corrected chi connectivity index (χ2v) is 7.99. The normalized spacial score (nSPS) is 23.4. The monoisotopic (exact) mass is 453 g/mol. The Kier molecular flexibility index (Phi) is 8.76. The third-order valence-corrected chi connectivity index (χ3v) is 5.79. The van der Waals surface area contributed by atoms with E-state index in [4.69, 9.17) is 9.47 Å². The molecule has 0 aromatic rings. The largest absolute Gasteiger partial charge is 0.381 e. The molecule has 2 fully saturated rings. The van der Waals surface area contributed by atoms with Gasteiger partial charge in [-0.15, -0.1) is 24.0 Å². The zero-order valence-electron chi connectivity index (χ0n) is 16.1. The summed E-state index contributed by atoms with van der Waals surface area (Å²) in [5.41, 5.74) is 0.478. The summed E-state index contributed by atoms with van der Waals surface area (Å²) >= 11 is 0. The summed E-state index contributed by atoms with van der Waals surface area (Å²) in [4.78, 5) is 6.81. The maximum Gasteiger partial charge on any atom is 0.194 e. The van der Waals surface area contributed by atoms with Crippen molar-refractivity contribution in [3.05, 3.63) is 0 Å². The Morgan fingerprint density at radius 3 is 2.46 bits per heavy atom. The van der Waals surface area contributed by atoms with Gasteiger partial charge in [0.05, 0.1) is 0 Å². The van der Waals surface area contributed by atoms with Gasteiger partial charge in [0.2, 0.25) is 0 Å². The van der Waals surface area contributed by atoms with Gasteiger partial charge in [-0.2, -0.15) is 0 Å². The quantitative estimate of drug-likeness (QED) is 0.291. The average Bonchev–Trinajstić information content (AvgIpc) is 2.53. The molecular weight excluding hydrogens is 417 g/mol. The highest BCUT2D eigenvalue weighted by Crippen LogP contribution is 2.46. The first-order valence-corrected chi connectivity index (χ1v) is 9.02. The highest BCUT2D eigenvalue weighted by atomic mass is 127. The van der Waals surface area contributed by atoms with E-state index in [1.807, 2.05) is 7.05 Å². The summed E-state index contributed by atoms with van der Waals surface area (Å²) in [6, 6.07) is 0. The summed E-state index contributed by atoms with van der Waals surface area (Å²) < 4.78 is 11.2. The Labute approximate surface area is 165 Å². The first-order chi connectivity index (χ1) is 10.9. The molecule has 0 aromatic carbocycles. The average molecular weight is 453 g/mol. The smallest absolute Gasteiger partial charge is 0.194 e. The molecule has 6 heteroatoms. The summed E-state index contributed by atoms with van der Waals surface area (Å²) in [7, 11) is 1.87. The van der Waals surface area contributed by atoms with Gasteiger partial charge in [-0.25, -0.2) is 0 Å². The van der Waals surface area contributed by atoms with Crippen LogP contribution in [0.4, 0.5) is 0 Å². The van der Waals surface area contributed by atoms with Crippen molar-refractivity contribution >= 4 is 29.9 Å². The van der Waals surface area contributed by atoms with Crippen LogP contribution in [0.3, 0.4) is 0 Å². The minimum Gasteiger partial charge on any atom is -0.381 e. The molecule has 0 aromatic heterocycles. The van der Waals surface area contributed by atoms with E-state index in [2.05, 4.69) is 42.9 Å². The number of aliphatic imine (C=N–C) groups is 1. The highest BCUT2D eigenvalue weighted by molar-refractivity contribution is 14.0. The number of halogens is 1. The predicted molar refractivity (Wildman–Crippen MR) is 110 cm³/mol. The van der Waals surface area contributed by atoms with Crippen molar-refractivity contribution in [2.45, 2.75) is 52.5 Å². The first-order valence-electron chi connectivity index (χ1n) is 9.02. The standard InChI is InChI=1S/C18H35N3O2.HI/c1-17(2)14-21(18(17,3)4)16(19-5)20-9-6-10-23-13-15-7-11-22-12-8-15;/h15H,6-14H2,1-5H3,(H,19,20);1H. The third-order valence-electron chi connectivity index (χ3n) is 5.79. The second kappa shape index (κ2) is 9.57. The molecule has 2 aliphatic heterocycles.